The highest BCUT2D eigenvalue weighted by Gasteiger charge is 2.12. The molecule has 0 spiro atoms. The number of hydrogen-bond donors (Lipinski definition) is 0. The van der Waals surface area contributed by atoms with E-state index in [1.54, 1.807) is 11.8 Å². The van der Waals surface area contributed by atoms with Crippen LogP contribution in [0.15, 0.2) is 0 Å². The largest absolute Gasteiger partial charge is 0.343 e. The number of nitriles is 1. The molecule has 0 saturated heterocycles. The van der Waals surface area contributed by atoms with Crippen LogP contribution in [0.4, 0.5) is 0 Å². The maximum absolute atomic E-state index is 11.3. The van der Waals surface area contributed by atoms with E-state index in [2.05, 4.69) is 6.07 Å². The minimum absolute atomic E-state index is 0.0778. The first kappa shape index (κ1) is 11.0. The Labute approximate surface area is 74.0 Å². The molecule has 0 aliphatic carbocycles. The van der Waals surface area contributed by atoms with Gasteiger partial charge in [0.15, 0.2) is 0 Å². The topological polar surface area (TPSA) is 44.1 Å². The average molecular weight is 168 g/mol. The van der Waals surface area contributed by atoms with Crippen molar-refractivity contribution in [1.82, 2.24) is 4.90 Å². The standard InChI is InChI=1S/C9H16N2O/c1-4-11(5-2)9(12)6-8(3)7-10/h8H,4-6H2,1-3H3. The molecular formula is C9H16N2O. The Bertz CT molecular complexity index is 179. The molecule has 0 fully saturated rings. The number of carbonyl (C=O) groups excluding carboxylic acids is 1. The summed E-state index contributed by atoms with van der Waals surface area (Å²) in [5.41, 5.74) is 0. The third-order valence-corrected chi connectivity index (χ3v) is 1.82. The number of amides is 1. The molecular weight excluding hydrogens is 152 g/mol. The second-order valence-electron chi connectivity index (χ2n) is 2.80. The van der Waals surface area contributed by atoms with Gasteiger partial charge >= 0.3 is 0 Å². The van der Waals surface area contributed by atoms with Gasteiger partial charge in [0.25, 0.3) is 0 Å². The maximum Gasteiger partial charge on any atom is 0.223 e. The zero-order valence-electron chi connectivity index (χ0n) is 8.00. The van der Waals surface area contributed by atoms with E-state index in [4.69, 9.17) is 5.26 Å². The molecule has 1 amide bonds. The Morgan fingerprint density at radius 1 is 1.50 bits per heavy atom. The molecule has 0 aliphatic heterocycles. The molecule has 0 aromatic rings. The zero-order valence-corrected chi connectivity index (χ0v) is 8.00. The highest BCUT2D eigenvalue weighted by atomic mass is 16.2. The van der Waals surface area contributed by atoms with Gasteiger partial charge in [0.2, 0.25) is 5.91 Å². The van der Waals surface area contributed by atoms with E-state index < -0.39 is 0 Å². The van der Waals surface area contributed by atoms with Crippen molar-refractivity contribution in [2.75, 3.05) is 13.1 Å². The minimum atomic E-state index is -0.168. The van der Waals surface area contributed by atoms with Crippen molar-refractivity contribution in [3.8, 4) is 6.07 Å². The second kappa shape index (κ2) is 5.59. The molecule has 0 radical (unpaired) electrons. The lowest BCUT2D eigenvalue weighted by molar-refractivity contribution is -0.131. The van der Waals surface area contributed by atoms with Gasteiger partial charge in [-0.05, 0) is 20.8 Å². The summed E-state index contributed by atoms with van der Waals surface area (Å²) in [5, 5.41) is 8.49. The van der Waals surface area contributed by atoms with E-state index in [0.717, 1.165) is 13.1 Å². The molecule has 0 bridgehead atoms. The Kier molecular flexibility index (Phi) is 5.11. The highest BCUT2D eigenvalue weighted by molar-refractivity contribution is 5.76. The van der Waals surface area contributed by atoms with Crippen LogP contribution in [0.25, 0.3) is 0 Å². The van der Waals surface area contributed by atoms with Crippen LogP contribution in [-0.4, -0.2) is 23.9 Å². The SMILES string of the molecule is CCN(CC)C(=O)CC(C)C#N. The maximum atomic E-state index is 11.3. The van der Waals surface area contributed by atoms with Crippen molar-refractivity contribution in [2.24, 2.45) is 5.92 Å². The lowest BCUT2D eigenvalue weighted by atomic mass is 10.1. The smallest absolute Gasteiger partial charge is 0.223 e. The van der Waals surface area contributed by atoms with E-state index in [1.165, 1.54) is 0 Å². The van der Waals surface area contributed by atoms with Crippen LogP contribution < -0.4 is 0 Å². The van der Waals surface area contributed by atoms with Gasteiger partial charge in [0.1, 0.15) is 0 Å². The van der Waals surface area contributed by atoms with E-state index in [0.29, 0.717) is 6.42 Å². The molecule has 0 rings (SSSR count). The molecule has 1 unspecified atom stereocenters. The van der Waals surface area contributed by atoms with Gasteiger partial charge in [-0.3, -0.25) is 4.79 Å². The Hall–Kier alpha value is -1.04. The summed E-state index contributed by atoms with van der Waals surface area (Å²) in [4.78, 5) is 13.1. The monoisotopic (exact) mass is 168 g/mol. The lowest BCUT2D eigenvalue weighted by Gasteiger charge is -2.18. The molecule has 0 aromatic heterocycles. The van der Waals surface area contributed by atoms with Crippen LogP contribution in [0, 0.1) is 17.2 Å². The summed E-state index contributed by atoms with van der Waals surface area (Å²) in [7, 11) is 0. The van der Waals surface area contributed by atoms with Crippen LogP contribution in [0.3, 0.4) is 0 Å². The van der Waals surface area contributed by atoms with Gasteiger partial charge in [-0.25, -0.2) is 0 Å². The Morgan fingerprint density at radius 2 is 2.00 bits per heavy atom. The molecule has 0 saturated carbocycles. The molecule has 3 nitrogen and oxygen atoms in total. The third-order valence-electron chi connectivity index (χ3n) is 1.82. The van der Waals surface area contributed by atoms with Crippen molar-refractivity contribution in [1.29, 1.82) is 5.26 Å². The Morgan fingerprint density at radius 3 is 2.33 bits per heavy atom. The lowest BCUT2D eigenvalue weighted by Crippen LogP contribution is -2.31. The number of nitrogens with zero attached hydrogens (tertiary/aromatic N) is 2. The van der Waals surface area contributed by atoms with Crippen LogP contribution in [-0.2, 0) is 4.79 Å². The van der Waals surface area contributed by atoms with E-state index in [-0.39, 0.29) is 11.8 Å². The number of hydrogen-bond acceptors (Lipinski definition) is 2. The molecule has 0 N–H and O–H groups in total. The van der Waals surface area contributed by atoms with Gasteiger partial charge in [-0.1, -0.05) is 0 Å². The average Bonchev–Trinajstić information content (AvgIpc) is 2.06. The van der Waals surface area contributed by atoms with Gasteiger partial charge in [-0.15, -0.1) is 0 Å². The predicted molar refractivity (Wildman–Crippen MR) is 47.3 cm³/mol. The summed E-state index contributed by atoms with van der Waals surface area (Å²) >= 11 is 0. The number of carbonyl (C=O) groups is 1. The third kappa shape index (κ3) is 3.38. The Balaban J connectivity index is 3.94. The van der Waals surface area contributed by atoms with Crippen molar-refractivity contribution in [3.63, 3.8) is 0 Å². The summed E-state index contributed by atoms with van der Waals surface area (Å²) in [5.74, 6) is -0.0906. The van der Waals surface area contributed by atoms with Gasteiger partial charge in [0, 0.05) is 19.5 Å². The molecule has 0 aromatic carbocycles. The first-order valence-electron chi connectivity index (χ1n) is 4.33. The molecule has 0 heterocycles. The van der Waals surface area contributed by atoms with E-state index in [9.17, 15) is 4.79 Å². The van der Waals surface area contributed by atoms with Crippen molar-refractivity contribution in [2.45, 2.75) is 27.2 Å². The van der Waals surface area contributed by atoms with Crippen molar-refractivity contribution >= 4 is 5.91 Å². The fraction of sp³-hybridized carbons (Fsp3) is 0.778. The molecule has 0 aliphatic rings. The molecule has 3 heteroatoms. The fourth-order valence-electron chi connectivity index (χ4n) is 1.01. The van der Waals surface area contributed by atoms with Crippen LogP contribution in [0.2, 0.25) is 0 Å². The van der Waals surface area contributed by atoms with Crippen LogP contribution in [0.5, 0.6) is 0 Å². The summed E-state index contributed by atoms with van der Waals surface area (Å²) in [6, 6.07) is 2.05. The minimum Gasteiger partial charge on any atom is -0.343 e. The molecule has 68 valence electrons. The first-order chi connectivity index (χ1) is 5.65. The summed E-state index contributed by atoms with van der Waals surface area (Å²) in [6.07, 6.45) is 0.345. The second-order valence-corrected chi connectivity index (χ2v) is 2.80. The van der Waals surface area contributed by atoms with Crippen LogP contribution >= 0.6 is 0 Å². The van der Waals surface area contributed by atoms with Gasteiger partial charge < -0.3 is 4.90 Å². The van der Waals surface area contributed by atoms with Gasteiger partial charge in [-0.2, -0.15) is 5.26 Å². The first-order valence-corrected chi connectivity index (χ1v) is 4.33. The zero-order chi connectivity index (χ0) is 9.56. The van der Waals surface area contributed by atoms with E-state index >= 15 is 0 Å². The normalized spacial score (nSPS) is 11.8. The molecule has 12 heavy (non-hydrogen) atoms. The highest BCUT2D eigenvalue weighted by Crippen LogP contribution is 2.03. The fourth-order valence-corrected chi connectivity index (χ4v) is 1.01. The predicted octanol–water partition coefficient (Wildman–Crippen LogP) is 1.40. The van der Waals surface area contributed by atoms with Crippen LogP contribution in [0.1, 0.15) is 27.2 Å². The summed E-state index contributed by atoms with van der Waals surface area (Å²) in [6.45, 7) is 7.11. The summed E-state index contributed by atoms with van der Waals surface area (Å²) < 4.78 is 0. The molecule has 1 atom stereocenters. The number of rotatable bonds is 4. The van der Waals surface area contributed by atoms with Crippen molar-refractivity contribution in [3.05, 3.63) is 0 Å². The van der Waals surface area contributed by atoms with Gasteiger partial charge in [0.05, 0.1) is 12.0 Å². The van der Waals surface area contributed by atoms with E-state index in [1.807, 2.05) is 13.8 Å². The van der Waals surface area contributed by atoms with Crippen molar-refractivity contribution < 1.29 is 4.79 Å². The quantitative estimate of drug-likeness (QED) is 0.637.